The first kappa shape index (κ1) is 36.3. The minimum atomic E-state index is -4.14. The van der Waals surface area contributed by atoms with Crippen LogP contribution in [0.4, 0.5) is 0 Å². The molecule has 46 heavy (non-hydrogen) atoms. The fourth-order valence-corrected chi connectivity index (χ4v) is 10.9. The number of nitrogens with one attached hydrogen (secondary N) is 1. The first-order chi connectivity index (χ1) is 21.5. The van der Waals surface area contributed by atoms with Crippen LogP contribution in [-0.2, 0) is 24.4 Å². The molecule has 0 radical (unpaired) electrons. The van der Waals surface area contributed by atoms with Gasteiger partial charge in [0.1, 0.15) is 24.4 Å². The van der Waals surface area contributed by atoms with Crippen LogP contribution in [0.3, 0.4) is 0 Å². The van der Waals surface area contributed by atoms with Gasteiger partial charge in [-0.2, -0.15) is 8.42 Å². The molecule has 4 aliphatic carbocycles. The second kappa shape index (κ2) is 13.8. The molecular weight excluding hydrogens is 622 g/mol. The van der Waals surface area contributed by atoms with Crippen LogP contribution in [0.5, 0.6) is 0 Å². The van der Waals surface area contributed by atoms with Gasteiger partial charge in [0.2, 0.25) is 5.91 Å². The first-order valence-electron chi connectivity index (χ1n) is 17.0. The van der Waals surface area contributed by atoms with Gasteiger partial charge < -0.3 is 45.4 Å². The minimum absolute atomic E-state index is 0.0403. The van der Waals surface area contributed by atoms with Gasteiger partial charge in [0.05, 0.1) is 30.7 Å². The third kappa shape index (κ3) is 6.77. The van der Waals surface area contributed by atoms with Crippen molar-refractivity contribution >= 4 is 16.0 Å². The Balaban J connectivity index is 1.22. The van der Waals surface area contributed by atoms with Gasteiger partial charge in [0, 0.05) is 13.0 Å². The number of ether oxygens (including phenoxy) is 2. The fraction of sp³-hybridized carbons (Fsp3) is 0.969. The van der Waals surface area contributed by atoms with Crippen LogP contribution in [-0.4, -0.2) is 117 Å². The zero-order valence-corrected chi connectivity index (χ0v) is 28.0. The number of carbonyl (C=O) groups excluding carboxylic acids is 1. The molecule has 0 aromatic rings. The molecule has 16 atom stereocenters. The average molecular weight is 678 g/mol. The lowest BCUT2D eigenvalue weighted by Crippen LogP contribution is -2.63. The molecule has 14 heteroatoms. The Bertz CT molecular complexity index is 1190. The Morgan fingerprint density at radius 3 is 2.39 bits per heavy atom. The lowest BCUT2D eigenvalue weighted by molar-refractivity contribution is -0.317. The fourth-order valence-electron chi connectivity index (χ4n) is 10.6. The molecule has 266 valence electrons. The molecule has 5 aliphatic rings. The summed E-state index contributed by atoms with van der Waals surface area (Å²) < 4.78 is 42.5. The Morgan fingerprint density at radius 1 is 1.00 bits per heavy atom. The van der Waals surface area contributed by atoms with Crippen molar-refractivity contribution < 1.29 is 57.9 Å². The van der Waals surface area contributed by atoms with Crippen LogP contribution < -0.4 is 5.32 Å². The van der Waals surface area contributed by atoms with Crippen molar-refractivity contribution in [3.8, 4) is 0 Å². The molecule has 1 heterocycles. The van der Waals surface area contributed by atoms with Crippen LogP contribution in [0.25, 0.3) is 0 Å². The van der Waals surface area contributed by atoms with Crippen LogP contribution in [0.15, 0.2) is 0 Å². The van der Waals surface area contributed by atoms with E-state index < -0.39 is 70.8 Å². The number of hydrogen-bond donors (Lipinski definition) is 8. The van der Waals surface area contributed by atoms with Gasteiger partial charge in [-0.05, 0) is 97.7 Å². The van der Waals surface area contributed by atoms with E-state index in [1.165, 1.54) is 0 Å². The van der Waals surface area contributed by atoms with E-state index in [1.54, 1.807) is 0 Å². The van der Waals surface area contributed by atoms with Gasteiger partial charge in [-0.1, -0.05) is 20.8 Å². The molecule has 0 spiro atoms. The molecule has 0 unspecified atom stereocenters. The molecule has 1 saturated heterocycles. The summed E-state index contributed by atoms with van der Waals surface area (Å²) in [5.74, 6) is -0.102. The highest BCUT2D eigenvalue weighted by Crippen LogP contribution is 2.68. The van der Waals surface area contributed by atoms with Gasteiger partial charge in [0.25, 0.3) is 10.1 Å². The number of rotatable bonds is 10. The summed E-state index contributed by atoms with van der Waals surface area (Å²) in [5.41, 5.74) is -0.541. The molecule has 1 amide bonds. The average Bonchev–Trinajstić information content (AvgIpc) is 3.35. The van der Waals surface area contributed by atoms with Crippen molar-refractivity contribution in [1.82, 2.24) is 5.32 Å². The van der Waals surface area contributed by atoms with E-state index in [9.17, 15) is 43.9 Å². The van der Waals surface area contributed by atoms with E-state index in [0.29, 0.717) is 32.1 Å². The number of carbonyl (C=O) groups is 1. The smallest absolute Gasteiger partial charge is 0.266 e. The molecule has 5 fully saturated rings. The molecule has 5 rings (SSSR count). The molecule has 13 nitrogen and oxygen atoms in total. The highest BCUT2D eigenvalue weighted by molar-refractivity contribution is 7.85. The number of amides is 1. The highest BCUT2D eigenvalue weighted by atomic mass is 32.2. The SMILES string of the molecule is C[C@H](CCC(=O)NCCS(=O)(=O)O)[C@H]1CC[C@H]2[C@@H]3[C@H](O)C[C@@H]4C[C@H](O[C@@H]5O[C@H](CO)[C@@H](O)[C@H](O)[C@H]5O)CC[C@]4(C)[C@H]3C[C@H](O)[C@]12C. The third-order valence-corrected chi connectivity index (χ3v) is 13.9. The quantitative estimate of drug-likeness (QED) is 0.115. The molecular formula is C32H55NO12S. The standard InChI is InChI=1S/C32H55NO12S/c1-16(4-7-25(37)33-10-11-46(41,42)43)19-5-6-20-26-21(14-24(36)32(19,20)3)31(2)9-8-18(12-17(31)13-22(26)35)44-30-29(40)28(39)27(38)23(15-34)45-30/h16-24,26-30,34-36,38-40H,4-15H2,1-3H3,(H,33,37)(H,41,42,43)/t16-,17+,18-,19-,20+,21+,22-,23-,24+,26+,27-,28+,29-,30-,31+,32-/m1/s1. The lowest BCUT2D eigenvalue weighted by Gasteiger charge is -2.63. The zero-order chi connectivity index (χ0) is 33.8. The summed E-state index contributed by atoms with van der Waals surface area (Å²) in [7, 11) is -4.14. The maximum absolute atomic E-state index is 12.4. The van der Waals surface area contributed by atoms with Crippen molar-refractivity contribution in [2.75, 3.05) is 18.9 Å². The molecule has 0 aromatic carbocycles. The minimum Gasteiger partial charge on any atom is -0.394 e. The van der Waals surface area contributed by atoms with E-state index >= 15 is 0 Å². The van der Waals surface area contributed by atoms with Crippen molar-refractivity contribution in [3.63, 3.8) is 0 Å². The molecule has 4 saturated carbocycles. The van der Waals surface area contributed by atoms with Crippen LogP contribution in [0.2, 0.25) is 0 Å². The van der Waals surface area contributed by atoms with Gasteiger partial charge in [-0.15, -0.1) is 0 Å². The third-order valence-electron chi connectivity index (χ3n) is 13.2. The topological polar surface area (TPSA) is 223 Å². The van der Waals surface area contributed by atoms with E-state index in [-0.39, 0.29) is 65.9 Å². The summed E-state index contributed by atoms with van der Waals surface area (Å²) in [4.78, 5) is 12.4. The normalized spacial score (nSPS) is 48.2. The predicted molar refractivity (Wildman–Crippen MR) is 164 cm³/mol. The first-order valence-corrected chi connectivity index (χ1v) is 18.7. The summed E-state index contributed by atoms with van der Waals surface area (Å²) in [5, 5.41) is 66.5. The van der Waals surface area contributed by atoms with Gasteiger partial charge >= 0.3 is 0 Å². The van der Waals surface area contributed by atoms with Gasteiger partial charge in [-0.3, -0.25) is 9.35 Å². The summed E-state index contributed by atoms with van der Waals surface area (Å²) in [6, 6.07) is 0. The van der Waals surface area contributed by atoms with Crippen LogP contribution in [0.1, 0.15) is 78.6 Å². The number of aliphatic hydroxyl groups excluding tert-OH is 6. The van der Waals surface area contributed by atoms with E-state index in [0.717, 1.165) is 19.3 Å². The number of fused-ring (bicyclic) bond motifs is 5. The van der Waals surface area contributed by atoms with Crippen molar-refractivity contribution in [2.24, 2.45) is 46.3 Å². The van der Waals surface area contributed by atoms with E-state index in [2.05, 4.69) is 26.1 Å². The number of hydrogen-bond acceptors (Lipinski definition) is 11. The second-order valence-corrected chi connectivity index (χ2v) is 17.1. The summed E-state index contributed by atoms with van der Waals surface area (Å²) >= 11 is 0. The van der Waals surface area contributed by atoms with Crippen molar-refractivity contribution in [3.05, 3.63) is 0 Å². The van der Waals surface area contributed by atoms with Crippen LogP contribution >= 0.6 is 0 Å². The maximum atomic E-state index is 12.4. The summed E-state index contributed by atoms with van der Waals surface area (Å²) in [6.45, 7) is 5.87. The predicted octanol–water partition coefficient (Wildman–Crippen LogP) is 0.192. The number of aliphatic hydroxyl groups is 6. The Labute approximate surface area is 271 Å². The highest BCUT2D eigenvalue weighted by Gasteiger charge is 2.66. The van der Waals surface area contributed by atoms with E-state index in [4.69, 9.17) is 14.0 Å². The lowest BCUT2D eigenvalue weighted by atomic mass is 9.43. The van der Waals surface area contributed by atoms with Crippen molar-refractivity contribution in [2.45, 2.75) is 128 Å². The van der Waals surface area contributed by atoms with Gasteiger partial charge in [-0.25, -0.2) is 0 Å². The zero-order valence-electron chi connectivity index (χ0n) is 27.1. The monoisotopic (exact) mass is 677 g/mol. The Morgan fingerprint density at radius 2 is 1.72 bits per heavy atom. The Hall–Kier alpha value is -0.940. The molecule has 1 aliphatic heterocycles. The second-order valence-electron chi connectivity index (χ2n) is 15.5. The van der Waals surface area contributed by atoms with E-state index in [1.807, 2.05) is 0 Å². The van der Waals surface area contributed by atoms with Crippen molar-refractivity contribution in [1.29, 1.82) is 0 Å². The molecule has 8 N–H and O–H groups in total. The van der Waals surface area contributed by atoms with Gasteiger partial charge in [0.15, 0.2) is 6.29 Å². The molecule has 0 bridgehead atoms. The Kier molecular flexibility index (Phi) is 10.9. The summed E-state index contributed by atoms with van der Waals surface area (Å²) in [6.07, 6.45) is -2.19. The maximum Gasteiger partial charge on any atom is 0.266 e. The largest absolute Gasteiger partial charge is 0.394 e. The molecule has 0 aromatic heterocycles. The van der Waals surface area contributed by atoms with Crippen LogP contribution in [0, 0.1) is 46.3 Å².